The monoisotopic (exact) mass is 277 g/mol. The fourth-order valence-electron chi connectivity index (χ4n) is 1.59. The van der Waals surface area contributed by atoms with Crippen molar-refractivity contribution in [3.8, 4) is 0 Å². The molecule has 0 saturated heterocycles. The standard InChI is InChI=1S/C12H23NO6/c1-3-5-13(10(17)4-2)6-8(15)11(18)12(19)9(16)7-14/h4,8-9,11-12,14-16,18-19H,2-3,5-7H2,1H3/t8-,9+,11+,12-/m0/s1. The van der Waals surface area contributed by atoms with Crippen molar-refractivity contribution in [2.45, 2.75) is 37.8 Å². The van der Waals surface area contributed by atoms with E-state index in [2.05, 4.69) is 6.58 Å². The number of hydrogen-bond donors (Lipinski definition) is 5. The maximum atomic E-state index is 11.5. The van der Waals surface area contributed by atoms with E-state index in [4.69, 9.17) is 5.11 Å². The van der Waals surface area contributed by atoms with Gasteiger partial charge in [-0.2, -0.15) is 0 Å². The highest BCUT2D eigenvalue weighted by Gasteiger charge is 2.31. The molecule has 0 aliphatic carbocycles. The van der Waals surface area contributed by atoms with E-state index in [0.29, 0.717) is 13.0 Å². The third-order valence-electron chi connectivity index (χ3n) is 2.71. The van der Waals surface area contributed by atoms with Crippen LogP contribution in [0, 0.1) is 0 Å². The first-order valence-electron chi connectivity index (χ1n) is 6.13. The second-order valence-electron chi connectivity index (χ2n) is 4.29. The average Bonchev–Trinajstić information content (AvgIpc) is 2.43. The molecule has 0 fully saturated rings. The summed E-state index contributed by atoms with van der Waals surface area (Å²) < 4.78 is 0. The van der Waals surface area contributed by atoms with Crippen LogP contribution in [-0.2, 0) is 4.79 Å². The highest BCUT2D eigenvalue weighted by molar-refractivity contribution is 5.87. The van der Waals surface area contributed by atoms with Crippen molar-refractivity contribution >= 4 is 5.91 Å². The number of nitrogens with zero attached hydrogens (tertiary/aromatic N) is 1. The van der Waals surface area contributed by atoms with Crippen LogP contribution in [0.25, 0.3) is 0 Å². The number of carbonyl (C=O) groups is 1. The van der Waals surface area contributed by atoms with Crippen molar-refractivity contribution < 1.29 is 30.3 Å². The summed E-state index contributed by atoms with van der Waals surface area (Å²) in [5.74, 6) is -0.398. The van der Waals surface area contributed by atoms with E-state index in [1.807, 2.05) is 6.92 Å². The van der Waals surface area contributed by atoms with Crippen LogP contribution in [0.1, 0.15) is 13.3 Å². The molecule has 4 atom stereocenters. The minimum Gasteiger partial charge on any atom is -0.394 e. The summed E-state index contributed by atoms with van der Waals surface area (Å²) in [6, 6.07) is 0. The largest absolute Gasteiger partial charge is 0.394 e. The van der Waals surface area contributed by atoms with Crippen LogP contribution in [-0.4, -0.2) is 80.5 Å². The summed E-state index contributed by atoms with van der Waals surface area (Å²) in [6.07, 6.45) is -4.61. The van der Waals surface area contributed by atoms with Crippen molar-refractivity contribution in [1.29, 1.82) is 0 Å². The molecule has 7 nitrogen and oxygen atoms in total. The van der Waals surface area contributed by atoms with E-state index in [0.717, 1.165) is 6.08 Å². The predicted molar refractivity (Wildman–Crippen MR) is 68.2 cm³/mol. The molecule has 0 aliphatic heterocycles. The summed E-state index contributed by atoms with van der Waals surface area (Å²) in [5.41, 5.74) is 0. The molecule has 7 heteroatoms. The Bertz CT molecular complexity index is 285. The summed E-state index contributed by atoms with van der Waals surface area (Å²) in [6.45, 7) is 4.61. The Morgan fingerprint density at radius 3 is 2.16 bits per heavy atom. The Morgan fingerprint density at radius 2 is 1.74 bits per heavy atom. The van der Waals surface area contributed by atoms with E-state index in [1.165, 1.54) is 4.90 Å². The lowest BCUT2D eigenvalue weighted by atomic mass is 10.0. The smallest absolute Gasteiger partial charge is 0.246 e. The van der Waals surface area contributed by atoms with Crippen molar-refractivity contribution in [2.75, 3.05) is 19.7 Å². The minimum absolute atomic E-state index is 0.199. The van der Waals surface area contributed by atoms with Gasteiger partial charge >= 0.3 is 0 Å². The first kappa shape index (κ1) is 18.0. The van der Waals surface area contributed by atoms with Gasteiger partial charge in [0.05, 0.1) is 6.61 Å². The lowest BCUT2D eigenvalue weighted by Crippen LogP contribution is -2.50. The van der Waals surface area contributed by atoms with Crippen LogP contribution >= 0.6 is 0 Å². The molecule has 0 aliphatic rings. The Labute approximate surface area is 112 Å². The van der Waals surface area contributed by atoms with Crippen LogP contribution < -0.4 is 0 Å². The van der Waals surface area contributed by atoms with Gasteiger partial charge in [0.2, 0.25) is 5.91 Å². The van der Waals surface area contributed by atoms with Crippen LogP contribution in [0.3, 0.4) is 0 Å². The zero-order chi connectivity index (χ0) is 15.0. The molecule has 0 spiro atoms. The molecule has 0 radical (unpaired) electrons. The fraction of sp³-hybridized carbons (Fsp3) is 0.750. The zero-order valence-electron chi connectivity index (χ0n) is 11.0. The number of aliphatic hydroxyl groups excluding tert-OH is 5. The van der Waals surface area contributed by atoms with Gasteiger partial charge < -0.3 is 30.4 Å². The van der Waals surface area contributed by atoms with Crippen LogP contribution in [0.2, 0.25) is 0 Å². The minimum atomic E-state index is -1.69. The average molecular weight is 277 g/mol. The van der Waals surface area contributed by atoms with Gasteiger partial charge in [-0.05, 0) is 12.5 Å². The van der Waals surface area contributed by atoms with E-state index in [1.54, 1.807) is 0 Å². The fourth-order valence-corrected chi connectivity index (χ4v) is 1.59. The number of aliphatic hydroxyl groups is 5. The van der Waals surface area contributed by atoms with E-state index in [-0.39, 0.29) is 6.54 Å². The maximum Gasteiger partial charge on any atom is 0.246 e. The first-order valence-corrected chi connectivity index (χ1v) is 6.13. The second kappa shape index (κ2) is 9.00. The van der Waals surface area contributed by atoms with E-state index >= 15 is 0 Å². The molecular formula is C12H23NO6. The third kappa shape index (κ3) is 5.66. The van der Waals surface area contributed by atoms with Gasteiger partial charge in [-0.3, -0.25) is 4.79 Å². The topological polar surface area (TPSA) is 121 Å². The van der Waals surface area contributed by atoms with Gasteiger partial charge in [0, 0.05) is 13.1 Å². The van der Waals surface area contributed by atoms with Crippen molar-refractivity contribution in [2.24, 2.45) is 0 Å². The molecule has 0 aromatic heterocycles. The quantitative estimate of drug-likeness (QED) is 0.306. The molecule has 0 unspecified atom stereocenters. The van der Waals surface area contributed by atoms with Crippen molar-refractivity contribution in [3.63, 3.8) is 0 Å². The van der Waals surface area contributed by atoms with Gasteiger partial charge in [0.15, 0.2) is 0 Å². The summed E-state index contributed by atoms with van der Waals surface area (Å²) in [5, 5.41) is 46.6. The second-order valence-corrected chi connectivity index (χ2v) is 4.29. The number of carbonyl (C=O) groups excluding carboxylic acids is 1. The Morgan fingerprint density at radius 1 is 1.21 bits per heavy atom. The molecular weight excluding hydrogens is 254 g/mol. The van der Waals surface area contributed by atoms with Gasteiger partial charge in [-0.1, -0.05) is 13.5 Å². The summed E-state index contributed by atoms with van der Waals surface area (Å²) in [7, 11) is 0. The van der Waals surface area contributed by atoms with Gasteiger partial charge in [0.1, 0.15) is 24.4 Å². The maximum absolute atomic E-state index is 11.5. The zero-order valence-corrected chi connectivity index (χ0v) is 11.0. The van der Waals surface area contributed by atoms with Crippen molar-refractivity contribution in [3.05, 3.63) is 12.7 Å². The van der Waals surface area contributed by atoms with Crippen LogP contribution in [0.5, 0.6) is 0 Å². The normalized spacial score (nSPS) is 17.4. The molecule has 0 saturated carbocycles. The van der Waals surface area contributed by atoms with E-state index in [9.17, 15) is 25.2 Å². The molecule has 0 bridgehead atoms. The summed E-state index contributed by atoms with van der Waals surface area (Å²) in [4.78, 5) is 12.8. The highest BCUT2D eigenvalue weighted by Crippen LogP contribution is 2.07. The molecule has 0 aromatic rings. The van der Waals surface area contributed by atoms with Crippen LogP contribution in [0.4, 0.5) is 0 Å². The lowest BCUT2D eigenvalue weighted by Gasteiger charge is -2.29. The van der Waals surface area contributed by atoms with Gasteiger partial charge in [-0.15, -0.1) is 0 Å². The van der Waals surface area contributed by atoms with Gasteiger partial charge in [-0.25, -0.2) is 0 Å². The molecule has 0 heterocycles. The predicted octanol–water partition coefficient (Wildman–Crippen LogP) is -2.15. The molecule has 0 aromatic carbocycles. The molecule has 5 N–H and O–H groups in total. The number of rotatable bonds is 9. The first-order chi connectivity index (χ1) is 8.88. The Balaban J connectivity index is 4.57. The Kier molecular flexibility index (Phi) is 8.53. The number of amides is 1. The van der Waals surface area contributed by atoms with E-state index < -0.39 is 36.9 Å². The Hall–Kier alpha value is -0.990. The third-order valence-corrected chi connectivity index (χ3v) is 2.71. The number of hydrogen-bond acceptors (Lipinski definition) is 6. The van der Waals surface area contributed by atoms with Crippen molar-refractivity contribution in [1.82, 2.24) is 4.90 Å². The highest BCUT2D eigenvalue weighted by atomic mass is 16.4. The SMILES string of the molecule is C=CC(=O)N(CCC)C[C@H](O)[C@@H](O)[C@@H](O)[C@H](O)CO. The molecule has 112 valence electrons. The molecule has 1 amide bonds. The van der Waals surface area contributed by atoms with Gasteiger partial charge in [0.25, 0.3) is 0 Å². The lowest BCUT2D eigenvalue weighted by molar-refractivity contribution is -0.135. The summed E-state index contributed by atoms with van der Waals surface area (Å²) >= 11 is 0. The van der Waals surface area contributed by atoms with Crippen LogP contribution in [0.15, 0.2) is 12.7 Å². The molecule has 19 heavy (non-hydrogen) atoms. The molecule has 0 rings (SSSR count).